The van der Waals surface area contributed by atoms with Gasteiger partial charge in [0.25, 0.3) is 0 Å². The fourth-order valence-corrected chi connectivity index (χ4v) is 1.74. The highest BCUT2D eigenvalue weighted by molar-refractivity contribution is 5.85. The molecule has 1 unspecified atom stereocenters. The van der Waals surface area contributed by atoms with Crippen LogP contribution in [0.2, 0.25) is 0 Å². The van der Waals surface area contributed by atoms with E-state index in [2.05, 4.69) is 48.5 Å². The summed E-state index contributed by atoms with van der Waals surface area (Å²) in [6.07, 6.45) is 0.926. The summed E-state index contributed by atoms with van der Waals surface area (Å²) < 4.78 is 0. The molecule has 0 bridgehead atoms. The Bertz CT molecular complexity index is 363. The molecule has 1 amide bonds. The number of nitrogens with zero attached hydrogens (tertiary/aromatic N) is 1. The molecule has 0 spiro atoms. The fraction of sp³-hybridized carbons (Fsp3) is 0.500. The first-order valence-electron chi connectivity index (χ1n) is 6.34. The lowest BCUT2D eigenvalue weighted by atomic mass is 10.1. The number of carbonyl (C=O) groups is 1. The number of halogens is 2. The van der Waals surface area contributed by atoms with Crippen LogP contribution in [0.5, 0.6) is 0 Å². The Kier molecular flexibility index (Phi) is 12.9. The van der Waals surface area contributed by atoms with Crippen LogP contribution < -0.4 is 11.1 Å². The smallest absolute Gasteiger partial charge is 0.233 e. The number of rotatable bonds is 7. The Morgan fingerprint density at radius 1 is 1.30 bits per heavy atom. The van der Waals surface area contributed by atoms with Gasteiger partial charge in [-0.2, -0.15) is 0 Å². The van der Waals surface area contributed by atoms with E-state index in [1.165, 1.54) is 5.56 Å². The van der Waals surface area contributed by atoms with Gasteiger partial charge in [-0.3, -0.25) is 9.69 Å². The van der Waals surface area contributed by atoms with E-state index in [9.17, 15) is 4.79 Å². The highest BCUT2D eigenvalue weighted by Gasteiger charge is 2.09. The largest absolute Gasteiger partial charge is 0.355 e. The van der Waals surface area contributed by atoms with Crippen LogP contribution in [0, 0.1) is 0 Å². The van der Waals surface area contributed by atoms with Crippen molar-refractivity contribution in [1.82, 2.24) is 10.2 Å². The molecule has 0 saturated carbocycles. The molecular weight excluding hydrogens is 297 g/mol. The Balaban J connectivity index is 0. The predicted octanol–water partition coefficient (Wildman–Crippen LogP) is 1.82. The van der Waals surface area contributed by atoms with Gasteiger partial charge in [-0.05, 0) is 26.0 Å². The molecule has 0 heterocycles. The van der Waals surface area contributed by atoms with E-state index >= 15 is 0 Å². The van der Waals surface area contributed by atoms with E-state index in [0.29, 0.717) is 12.6 Å². The highest BCUT2D eigenvalue weighted by Crippen LogP contribution is 2.07. The van der Waals surface area contributed by atoms with Gasteiger partial charge in [0.2, 0.25) is 5.91 Å². The van der Waals surface area contributed by atoms with E-state index < -0.39 is 0 Å². The Hall–Kier alpha value is -0.810. The van der Waals surface area contributed by atoms with Crippen LogP contribution in [-0.2, 0) is 11.3 Å². The van der Waals surface area contributed by atoms with Gasteiger partial charge < -0.3 is 11.1 Å². The highest BCUT2D eigenvalue weighted by atomic mass is 35.5. The molecule has 0 aliphatic rings. The van der Waals surface area contributed by atoms with Gasteiger partial charge in [-0.1, -0.05) is 30.3 Å². The molecule has 6 heteroatoms. The summed E-state index contributed by atoms with van der Waals surface area (Å²) in [6, 6.07) is 10.8. The van der Waals surface area contributed by atoms with Gasteiger partial charge in [-0.15, -0.1) is 24.8 Å². The van der Waals surface area contributed by atoms with E-state index in [1.807, 2.05) is 6.07 Å². The molecule has 3 N–H and O–H groups in total. The second-order valence-electron chi connectivity index (χ2n) is 4.59. The summed E-state index contributed by atoms with van der Waals surface area (Å²) in [5, 5.41) is 2.79. The minimum Gasteiger partial charge on any atom is -0.355 e. The number of benzene rings is 1. The first-order chi connectivity index (χ1) is 8.63. The van der Waals surface area contributed by atoms with E-state index in [0.717, 1.165) is 13.0 Å². The van der Waals surface area contributed by atoms with Crippen LogP contribution in [0.4, 0.5) is 0 Å². The monoisotopic (exact) mass is 321 g/mol. The molecule has 0 aliphatic carbocycles. The summed E-state index contributed by atoms with van der Waals surface area (Å²) in [5.74, 6) is -0.0899. The van der Waals surface area contributed by atoms with Crippen LogP contribution in [0.25, 0.3) is 0 Å². The zero-order valence-electron chi connectivity index (χ0n) is 12.0. The van der Waals surface area contributed by atoms with E-state index in [-0.39, 0.29) is 37.3 Å². The second-order valence-corrected chi connectivity index (χ2v) is 4.59. The summed E-state index contributed by atoms with van der Waals surface area (Å²) in [4.78, 5) is 13.3. The third kappa shape index (κ3) is 8.38. The number of carbonyl (C=O) groups excluding carboxylic acids is 1. The van der Waals surface area contributed by atoms with Crippen LogP contribution in [0.15, 0.2) is 30.3 Å². The molecule has 116 valence electrons. The van der Waals surface area contributed by atoms with Crippen LogP contribution >= 0.6 is 24.8 Å². The van der Waals surface area contributed by atoms with E-state index in [4.69, 9.17) is 5.73 Å². The lowest BCUT2D eigenvalue weighted by molar-refractivity contribution is -0.119. The molecule has 1 aromatic carbocycles. The predicted molar refractivity (Wildman–Crippen MR) is 88.5 cm³/mol. The number of hydrogen-bond donors (Lipinski definition) is 2. The Labute approximate surface area is 133 Å². The first kappa shape index (κ1) is 21.5. The Morgan fingerprint density at radius 2 is 1.90 bits per heavy atom. The van der Waals surface area contributed by atoms with Crippen LogP contribution in [-0.4, -0.2) is 37.0 Å². The average molecular weight is 322 g/mol. The molecule has 0 radical (unpaired) electrons. The maximum atomic E-state index is 11.0. The van der Waals surface area contributed by atoms with Crippen molar-refractivity contribution < 1.29 is 4.79 Å². The van der Waals surface area contributed by atoms with Gasteiger partial charge in [0, 0.05) is 19.1 Å². The zero-order valence-corrected chi connectivity index (χ0v) is 13.7. The molecule has 0 saturated heterocycles. The van der Waals surface area contributed by atoms with Crippen LogP contribution in [0.1, 0.15) is 18.9 Å². The van der Waals surface area contributed by atoms with Crippen molar-refractivity contribution in [3.05, 3.63) is 35.9 Å². The van der Waals surface area contributed by atoms with Crippen molar-refractivity contribution in [1.29, 1.82) is 0 Å². The molecule has 0 aliphatic heterocycles. The summed E-state index contributed by atoms with van der Waals surface area (Å²) in [6.45, 7) is 3.83. The van der Waals surface area contributed by atoms with Crippen LogP contribution in [0.3, 0.4) is 0 Å². The van der Waals surface area contributed by atoms with Crippen molar-refractivity contribution in [3.8, 4) is 0 Å². The summed E-state index contributed by atoms with van der Waals surface area (Å²) in [7, 11) is 2.10. The van der Waals surface area contributed by atoms with Crippen molar-refractivity contribution in [2.45, 2.75) is 25.9 Å². The number of nitrogens with two attached hydrogens (primary N) is 1. The second kappa shape index (κ2) is 12.0. The van der Waals surface area contributed by atoms with Gasteiger partial charge in [0.1, 0.15) is 0 Å². The molecular formula is C14H25Cl2N3O. The number of nitrogens with one attached hydrogen (secondary N) is 1. The molecule has 0 fully saturated rings. The number of hydrogen-bond acceptors (Lipinski definition) is 3. The van der Waals surface area contributed by atoms with Crippen molar-refractivity contribution >= 4 is 30.7 Å². The standard InChI is InChI=1S/C14H23N3O.2ClH/c1-12(8-9-16-14(18)10-15)17(2)11-13-6-4-3-5-7-13;;/h3-7,12H,8-11,15H2,1-2H3,(H,16,18);2*1H. The van der Waals surface area contributed by atoms with Crippen molar-refractivity contribution in [2.75, 3.05) is 20.1 Å². The maximum Gasteiger partial charge on any atom is 0.233 e. The molecule has 20 heavy (non-hydrogen) atoms. The third-order valence-corrected chi connectivity index (χ3v) is 3.10. The zero-order chi connectivity index (χ0) is 13.4. The lowest BCUT2D eigenvalue weighted by Gasteiger charge is -2.24. The molecule has 1 rings (SSSR count). The fourth-order valence-electron chi connectivity index (χ4n) is 1.74. The minimum atomic E-state index is -0.0899. The SMILES string of the molecule is CC(CCNC(=O)CN)N(C)Cc1ccccc1.Cl.Cl. The minimum absolute atomic E-state index is 0. The molecule has 1 atom stereocenters. The van der Waals surface area contributed by atoms with Gasteiger partial charge in [-0.25, -0.2) is 0 Å². The topological polar surface area (TPSA) is 58.4 Å². The summed E-state index contributed by atoms with van der Waals surface area (Å²) >= 11 is 0. The van der Waals surface area contributed by atoms with Crippen molar-refractivity contribution in [2.24, 2.45) is 5.73 Å². The average Bonchev–Trinajstić information content (AvgIpc) is 2.39. The van der Waals surface area contributed by atoms with Gasteiger partial charge in [0.15, 0.2) is 0 Å². The lowest BCUT2D eigenvalue weighted by Crippen LogP contribution is -2.35. The normalized spacial score (nSPS) is 11.2. The van der Waals surface area contributed by atoms with Crippen molar-refractivity contribution in [3.63, 3.8) is 0 Å². The summed E-state index contributed by atoms with van der Waals surface area (Å²) in [5.41, 5.74) is 6.53. The Morgan fingerprint density at radius 3 is 2.45 bits per heavy atom. The number of amides is 1. The maximum absolute atomic E-state index is 11.0. The quantitative estimate of drug-likeness (QED) is 0.805. The molecule has 4 nitrogen and oxygen atoms in total. The van der Waals surface area contributed by atoms with E-state index in [1.54, 1.807) is 0 Å². The van der Waals surface area contributed by atoms with Gasteiger partial charge >= 0.3 is 0 Å². The molecule has 0 aromatic heterocycles. The molecule has 1 aromatic rings. The first-order valence-corrected chi connectivity index (χ1v) is 6.34. The third-order valence-electron chi connectivity index (χ3n) is 3.10. The van der Waals surface area contributed by atoms with Gasteiger partial charge in [0.05, 0.1) is 6.54 Å².